The van der Waals surface area contributed by atoms with Crippen LogP contribution in [-0.4, -0.2) is 38.2 Å². The van der Waals surface area contributed by atoms with Gasteiger partial charge < -0.3 is 9.88 Å². The Morgan fingerprint density at radius 2 is 1.62 bits per heavy atom. The highest BCUT2D eigenvalue weighted by molar-refractivity contribution is 7.99. The highest BCUT2D eigenvalue weighted by Crippen LogP contribution is 2.17. The molecule has 0 aliphatic carbocycles. The Bertz CT molecular complexity index is 957. The molecule has 1 aromatic heterocycles. The van der Waals surface area contributed by atoms with Gasteiger partial charge in [-0.2, -0.15) is 0 Å². The largest absolute Gasteiger partial charge is 0.345 e. The van der Waals surface area contributed by atoms with Crippen molar-refractivity contribution in [2.75, 3.05) is 5.75 Å². The first kappa shape index (κ1) is 20.8. The van der Waals surface area contributed by atoms with Crippen molar-refractivity contribution in [3.8, 4) is 0 Å². The lowest BCUT2D eigenvalue weighted by Gasteiger charge is -2.16. The molecule has 0 radical (unpaired) electrons. The van der Waals surface area contributed by atoms with Crippen molar-refractivity contribution in [2.45, 2.75) is 31.0 Å². The fraction of sp³-hybridized carbons (Fsp3) is 0.273. The van der Waals surface area contributed by atoms with Crippen molar-refractivity contribution in [2.24, 2.45) is 7.05 Å². The standard InChI is InChI=1S/C22H24N4O2S/c1-16(27)19(13-17-9-5-3-6-10-17)23-21(28)15-29-22-25-24-20(26(22)2)14-18-11-7-4-8-12-18/h3-12,19H,13-15H2,1-2H3,(H,23,28)/t19-/m1/s1. The zero-order valence-electron chi connectivity index (χ0n) is 16.5. The Kier molecular flexibility index (Phi) is 7.19. The molecule has 0 aliphatic heterocycles. The summed E-state index contributed by atoms with van der Waals surface area (Å²) in [5.74, 6) is 0.759. The number of Topliss-reactive ketones (excluding diaryl/α,β-unsaturated/α-hetero) is 1. The average Bonchev–Trinajstić information content (AvgIpc) is 3.07. The minimum absolute atomic E-state index is 0.0593. The molecule has 0 unspecified atom stereocenters. The van der Waals surface area contributed by atoms with E-state index >= 15 is 0 Å². The van der Waals surface area contributed by atoms with Crippen molar-refractivity contribution >= 4 is 23.5 Å². The molecular weight excluding hydrogens is 384 g/mol. The van der Waals surface area contributed by atoms with E-state index in [1.54, 1.807) is 0 Å². The summed E-state index contributed by atoms with van der Waals surface area (Å²) in [4.78, 5) is 24.3. The molecule has 2 aromatic carbocycles. The van der Waals surface area contributed by atoms with Gasteiger partial charge in [0.2, 0.25) is 5.91 Å². The number of carbonyl (C=O) groups is 2. The van der Waals surface area contributed by atoms with Gasteiger partial charge in [-0.15, -0.1) is 10.2 Å². The summed E-state index contributed by atoms with van der Waals surface area (Å²) in [7, 11) is 1.90. The van der Waals surface area contributed by atoms with Crippen molar-refractivity contribution < 1.29 is 9.59 Å². The van der Waals surface area contributed by atoms with Gasteiger partial charge in [0.15, 0.2) is 10.9 Å². The van der Waals surface area contributed by atoms with Crippen LogP contribution >= 0.6 is 11.8 Å². The van der Waals surface area contributed by atoms with E-state index < -0.39 is 6.04 Å². The number of nitrogens with zero attached hydrogens (tertiary/aromatic N) is 3. The maximum atomic E-state index is 12.4. The van der Waals surface area contributed by atoms with E-state index in [1.165, 1.54) is 18.7 Å². The Morgan fingerprint density at radius 1 is 1.00 bits per heavy atom. The monoisotopic (exact) mass is 408 g/mol. The van der Waals surface area contributed by atoms with Gasteiger partial charge in [0.25, 0.3) is 0 Å². The number of hydrogen-bond acceptors (Lipinski definition) is 5. The number of benzene rings is 2. The van der Waals surface area contributed by atoms with Crippen LogP contribution in [0.4, 0.5) is 0 Å². The summed E-state index contributed by atoms with van der Waals surface area (Å²) in [5.41, 5.74) is 2.17. The van der Waals surface area contributed by atoms with Crippen molar-refractivity contribution in [1.29, 1.82) is 0 Å². The third-order valence-corrected chi connectivity index (χ3v) is 5.59. The quantitative estimate of drug-likeness (QED) is 0.551. The molecular formula is C22H24N4O2S. The van der Waals surface area contributed by atoms with Crippen molar-refractivity contribution in [3.05, 3.63) is 77.6 Å². The summed E-state index contributed by atoms with van der Waals surface area (Å²) in [5, 5.41) is 11.9. The maximum Gasteiger partial charge on any atom is 0.231 e. The van der Waals surface area contributed by atoms with Gasteiger partial charge in [-0.3, -0.25) is 9.59 Å². The molecule has 6 nitrogen and oxygen atoms in total. The number of rotatable bonds is 9. The Balaban J connectivity index is 1.55. The molecule has 7 heteroatoms. The van der Waals surface area contributed by atoms with Crippen molar-refractivity contribution in [1.82, 2.24) is 20.1 Å². The lowest BCUT2D eigenvalue weighted by Crippen LogP contribution is -2.42. The molecule has 0 bridgehead atoms. The number of carbonyl (C=O) groups excluding carboxylic acids is 2. The first-order valence-electron chi connectivity index (χ1n) is 9.41. The molecule has 0 saturated heterocycles. The van der Waals surface area contributed by atoms with E-state index in [9.17, 15) is 9.59 Å². The van der Waals surface area contributed by atoms with Crippen LogP contribution < -0.4 is 5.32 Å². The molecule has 1 atom stereocenters. The number of nitrogens with one attached hydrogen (secondary N) is 1. The van der Waals surface area contributed by atoms with Crippen LogP contribution in [0.5, 0.6) is 0 Å². The van der Waals surface area contributed by atoms with E-state index in [0.29, 0.717) is 18.0 Å². The number of hydrogen-bond donors (Lipinski definition) is 1. The molecule has 0 aliphatic rings. The molecule has 0 saturated carbocycles. The molecule has 3 aromatic rings. The van der Waals surface area contributed by atoms with Crippen LogP contribution in [0.3, 0.4) is 0 Å². The van der Waals surface area contributed by atoms with Gasteiger partial charge in [-0.1, -0.05) is 72.4 Å². The Morgan fingerprint density at radius 3 is 2.24 bits per heavy atom. The smallest absolute Gasteiger partial charge is 0.231 e. The maximum absolute atomic E-state index is 12.4. The topological polar surface area (TPSA) is 76.9 Å². The second-order valence-corrected chi connectivity index (χ2v) is 7.77. The normalized spacial score (nSPS) is 11.8. The summed E-state index contributed by atoms with van der Waals surface area (Å²) in [6.45, 7) is 1.50. The third kappa shape index (κ3) is 6.02. The van der Waals surface area contributed by atoms with E-state index in [1.807, 2.05) is 72.3 Å². The van der Waals surface area contributed by atoms with Crippen LogP contribution in [0.25, 0.3) is 0 Å². The minimum Gasteiger partial charge on any atom is -0.345 e. The molecule has 3 rings (SSSR count). The lowest BCUT2D eigenvalue weighted by molar-refractivity contribution is -0.125. The second-order valence-electron chi connectivity index (χ2n) is 6.83. The van der Waals surface area contributed by atoms with Crippen LogP contribution in [-0.2, 0) is 29.5 Å². The predicted octanol–water partition coefficient (Wildman–Crippen LogP) is 2.81. The summed E-state index contributed by atoms with van der Waals surface area (Å²) < 4.78 is 1.90. The molecule has 0 fully saturated rings. The van der Waals surface area contributed by atoms with Crippen LogP contribution in [0.1, 0.15) is 23.9 Å². The van der Waals surface area contributed by atoms with Crippen LogP contribution in [0.2, 0.25) is 0 Å². The van der Waals surface area contributed by atoms with E-state index in [2.05, 4.69) is 15.5 Å². The molecule has 1 heterocycles. The zero-order chi connectivity index (χ0) is 20.6. The SMILES string of the molecule is CC(=O)[C@@H](Cc1ccccc1)NC(=O)CSc1nnc(Cc2ccccc2)n1C. The first-order chi connectivity index (χ1) is 14.0. The van der Waals surface area contributed by atoms with E-state index in [0.717, 1.165) is 17.0 Å². The Hall–Kier alpha value is -2.93. The van der Waals surface area contributed by atoms with Crippen LogP contribution in [0.15, 0.2) is 65.8 Å². The fourth-order valence-corrected chi connectivity index (χ4v) is 3.66. The molecule has 0 spiro atoms. The molecule has 29 heavy (non-hydrogen) atoms. The number of amides is 1. The number of ketones is 1. The first-order valence-corrected chi connectivity index (χ1v) is 10.4. The van der Waals surface area contributed by atoms with Gasteiger partial charge in [-0.05, 0) is 24.5 Å². The lowest BCUT2D eigenvalue weighted by atomic mass is 10.0. The molecule has 1 amide bonds. The molecule has 1 N–H and O–H groups in total. The minimum atomic E-state index is -0.529. The van der Waals surface area contributed by atoms with Crippen molar-refractivity contribution in [3.63, 3.8) is 0 Å². The van der Waals surface area contributed by atoms with E-state index in [4.69, 9.17) is 0 Å². The second kappa shape index (κ2) is 10.0. The van der Waals surface area contributed by atoms with Crippen LogP contribution in [0, 0.1) is 0 Å². The summed E-state index contributed by atoms with van der Waals surface area (Å²) in [6, 6.07) is 19.2. The van der Waals surface area contributed by atoms with Gasteiger partial charge in [0, 0.05) is 13.5 Å². The average molecular weight is 409 g/mol. The van der Waals surface area contributed by atoms with Gasteiger partial charge in [-0.25, -0.2) is 0 Å². The summed E-state index contributed by atoms with van der Waals surface area (Å²) >= 11 is 1.31. The fourth-order valence-electron chi connectivity index (χ4n) is 2.92. The molecule has 150 valence electrons. The Labute approximate surface area is 174 Å². The van der Waals surface area contributed by atoms with E-state index in [-0.39, 0.29) is 17.4 Å². The number of aromatic nitrogens is 3. The highest BCUT2D eigenvalue weighted by atomic mass is 32.2. The van der Waals surface area contributed by atoms with Gasteiger partial charge in [0.05, 0.1) is 11.8 Å². The summed E-state index contributed by atoms with van der Waals surface area (Å²) in [6.07, 6.45) is 1.17. The van der Waals surface area contributed by atoms with Gasteiger partial charge in [0.1, 0.15) is 5.82 Å². The predicted molar refractivity (Wildman–Crippen MR) is 114 cm³/mol. The van der Waals surface area contributed by atoms with Gasteiger partial charge >= 0.3 is 0 Å². The highest BCUT2D eigenvalue weighted by Gasteiger charge is 2.18. The number of thioether (sulfide) groups is 1. The zero-order valence-corrected chi connectivity index (χ0v) is 17.4. The third-order valence-electron chi connectivity index (χ3n) is 4.57.